The van der Waals surface area contributed by atoms with Gasteiger partial charge in [-0.15, -0.1) is 0 Å². The Morgan fingerprint density at radius 3 is 2.87 bits per heavy atom. The molecule has 4 nitrogen and oxygen atoms in total. The Morgan fingerprint density at radius 2 is 2.27 bits per heavy atom. The number of rotatable bonds is 1. The lowest BCUT2D eigenvalue weighted by Gasteiger charge is -2.02. The molecular weight excluding hydrogens is 256 g/mol. The molecule has 0 aromatic carbocycles. The summed E-state index contributed by atoms with van der Waals surface area (Å²) in [5.74, 6) is 0.706. The molecule has 0 aliphatic rings. The molecule has 0 amide bonds. The van der Waals surface area contributed by atoms with Gasteiger partial charge in [-0.1, -0.05) is 0 Å². The molecular formula is C10H7BrN4. The zero-order valence-electron chi connectivity index (χ0n) is 7.98. The van der Waals surface area contributed by atoms with Crippen molar-refractivity contribution in [2.45, 2.75) is 6.92 Å². The molecule has 2 rings (SSSR count). The lowest BCUT2D eigenvalue weighted by molar-refractivity contribution is 0.844. The molecule has 2 heterocycles. The molecule has 0 N–H and O–H groups in total. The Morgan fingerprint density at radius 1 is 1.47 bits per heavy atom. The van der Waals surface area contributed by atoms with Gasteiger partial charge in [0.05, 0.1) is 18.0 Å². The first-order valence-corrected chi connectivity index (χ1v) is 5.07. The van der Waals surface area contributed by atoms with Crippen molar-refractivity contribution in [3.05, 3.63) is 40.3 Å². The predicted molar refractivity (Wildman–Crippen MR) is 58.5 cm³/mol. The fourth-order valence-electron chi connectivity index (χ4n) is 1.16. The summed E-state index contributed by atoms with van der Waals surface area (Å²) in [5.41, 5.74) is 1.60. The summed E-state index contributed by atoms with van der Waals surface area (Å²) in [5, 5.41) is 12.7. The Balaban J connectivity index is 2.46. The van der Waals surface area contributed by atoms with Gasteiger partial charge in [-0.25, -0.2) is 9.67 Å². The number of pyridine rings is 1. The van der Waals surface area contributed by atoms with Crippen LogP contribution in [0.5, 0.6) is 0 Å². The standard InChI is InChI=1S/C10H7BrN4/c1-7-2-10(13-5-9(7)11)15-6-8(3-12)4-14-15/h2,4-6H,1H3. The van der Waals surface area contributed by atoms with E-state index in [0.29, 0.717) is 11.4 Å². The van der Waals surface area contributed by atoms with Crippen LogP contribution in [0, 0.1) is 18.3 Å². The Hall–Kier alpha value is -1.67. The van der Waals surface area contributed by atoms with E-state index >= 15 is 0 Å². The van der Waals surface area contributed by atoms with E-state index in [1.165, 1.54) is 6.20 Å². The van der Waals surface area contributed by atoms with Gasteiger partial charge in [0.2, 0.25) is 0 Å². The summed E-state index contributed by atoms with van der Waals surface area (Å²) in [7, 11) is 0. The van der Waals surface area contributed by atoms with Crippen molar-refractivity contribution in [2.75, 3.05) is 0 Å². The van der Waals surface area contributed by atoms with Crippen molar-refractivity contribution >= 4 is 15.9 Å². The van der Waals surface area contributed by atoms with Gasteiger partial charge in [0.1, 0.15) is 6.07 Å². The van der Waals surface area contributed by atoms with E-state index in [4.69, 9.17) is 5.26 Å². The number of nitriles is 1. The largest absolute Gasteiger partial charge is 0.236 e. The van der Waals surface area contributed by atoms with E-state index in [-0.39, 0.29) is 0 Å². The number of hydrogen-bond donors (Lipinski definition) is 0. The van der Waals surface area contributed by atoms with Gasteiger partial charge in [-0.2, -0.15) is 10.4 Å². The molecule has 0 saturated heterocycles. The predicted octanol–water partition coefficient (Wildman–Crippen LogP) is 2.21. The molecule has 15 heavy (non-hydrogen) atoms. The maximum Gasteiger partial charge on any atom is 0.153 e. The molecule has 0 fully saturated rings. The highest BCUT2D eigenvalue weighted by atomic mass is 79.9. The van der Waals surface area contributed by atoms with Crippen LogP contribution in [0.3, 0.4) is 0 Å². The number of nitrogens with zero attached hydrogens (tertiary/aromatic N) is 4. The van der Waals surface area contributed by atoms with Crippen molar-refractivity contribution in [2.24, 2.45) is 0 Å². The van der Waals surface area contributed by atoms with Crippen molar-refractivity contribution in [3.63, 3.8) is 0 Å². The summed E-state index contributed by atoms with van der Waals surface area (Å²) < 4.78 is 2.54. The monoisotopic (exact) mass is 262 g/mol. The minimum atomic E-state index is 0.525. The van der Waals surface area contributed by atoms with Crippen LogP contribution < -0.4 is 0 Å². The Labute approximate surface area is 95.3 Å². The summed E-state index contributed by atoms with van der Waals surface area (Å²) in [4.78, 5) is 4.20. The third-order valence-electron chi connectivity index (χ3n) is 1.98. The molecule has 0 radical (unpaired) electrons. The van der Waals surface area contributed by atoms with Crippen molar-refractivity contribution < 1.29 is 0 Å². The first-order valence-electron chi connectivity index (χ1n) is 4.28. The molecule has 0 unspecified atom stereocenters. The van der Waals surface area contributed by atoms with Gasteiger partial charge >= 0.3 is 0 Å². The number of aromatic nitrogens is 3. The quantitative estimate of drug-likeness (QED) is 0.792. The molecule has 0 bridgehead atoms. The molecule has 2 aromatic heterocycles. The van der Waals surface area contributed by atoms with Crippen LogP contribution in [0.4, 0.5) is 0 Å². The fourth-order valence-corrected chi connectivity index (χ4v) is 1.37. The van der Waals surface area contributed by atoms with Crippen LogP contribution in [-0.2, 0) is 0 Å². The second kappa shape index (κ2) is 3.83. The third-order valence-corrected chi connectivity index (χ3v) is 2.81. The topological polar surface area (TPSA) is 54.5 Å². The van der Waals surface area contributed by atoms with E-state index in [1.54, 1.807) is 17.1 Å². The second-order valence-electron chi connectivity index (χ2n) is 3.08. The zero-order valence-corrected chi connectivity index (χ0v) is 9.56. The first-order chi connectivity index (χ1) is 7.20. The summed E-state index contributed by atoms with van der Waals surface area (Å²) in [6, 6.07) is 3.92. The van der Waals surface area contributed by atoms with E-state index in [2.05, 4.69) is 26.0 Å². The van der Waals surface area contributed by atoms with Crippen LogP contribution >= 0.6 is 15.9 Å². The number of aryl methyl sites for hydroxylation is 1. The highest BCUT2D eigenvalue weighted by molar-refractivity contribution is 9.10. The Kier molecular flexibility index (Phi) is 2.52. The average Bonchev–Trinajstić information content (AvgIpc) is 2.70. The van der Waals surface area contributed by atoms with Crippen molar-refractivity contribution in [1.82, 2.24) is 14.8 Å². The third kappa shape index (κ3) is 1.90. The minimum Gasteiger partial charge on any atom is -0.236 e. The second-order valence-corrected chi connectivity index (χ2v) is 3.93. The van der Waals surface area contributed by atoms with Gasteiger partial charge in [-0.3, -0.25) is 0 Å². The highest BCUT2D eigenvalue weighted by Crippen LogP contribution is 2.16. The summed E-state index contributed by atoms with van der Waals surface area (Å²) in [6.07, 6.45) is 4.88. The van der Waals surface area contributed by atoms with Gasteiger partial charge in [0.15, 0.2) is 5.82 Å². The van der Waals surface area contributed by atoms with Crippen LogP contribution in [0.1, 0.15) is 11.1 Å². The summed E-state index contributed by atoms with van der Waals surface area (Å²) in [6.45, 7) is 1.98. The lowest BCUT2D eigenvalue weighted by Crippen LogP contribution is -1.98. The molecule has 0 spiro atoms. The fraction of sp³-hybridized carbons (Fsp3) is 0.100. The Bertz CT molecular complexity index is 539. The van der Waals surface area contributed by atoms with Crippen molar-refractivity contribution in [3.8, 4) is 11.9 Å². The average molecular weight is 263 g/mol. The van der Waals surface area contributed by atoms with Gasteiger partial charge < -0.3 is 0 Å². The molecule has 5 heteroatoms. The minimum absolute atomic E-state index is 0.525. The molecule has 0 atom stereocenters. The smallest absolute Gasteiger partial charge is 0.153 e. The van der Waals surface area contributed by atoms with Crippen LogP contribution in [0.25, 0.3) is 5.82 Å². The van der Waals surface area contributed by atoms with E-state index < -0.39 is 0 Å². The van der Waals surface area contributed by atoms with Gasteiger partial charge in [0, 0.05) is 10.7 Å². The van der Waals surface area contributed by atoms with Crippen LogP contribution in [0.2, 0.25) is 0 Å². The van der Waals surface area contributed by atoms with Crippen LogP contribution in [0.15, 0.2) is 29.1 Å². The van der Waals surface area contributed by atoms with Crippen LogP contribution in [-0.4, -0.2) is 14.8 Å². The zero-order chi connectivity index (χ0) is 10.8. The molecule has 0 aliphatic carbocycles. The molecule has 2 aromatic rings. The molecule has 74 valence electrons. The SMILES string of the molecule is Cc1cc(-n2cc(C#N)cn2)ncc1Br. The first kappa shape index (κ1) is 9.87. The van der Waals surface area contributed by atoms with E-state index in [0.717, 1.165) is 10.0 Å². The van der Waals surface area contributed by atoms with E-state index in [9.17, 15) is 0 Å². The van der Waals surface area contributed by atoms with Gasteiger partial charge in [-0.05, 0) is 34.5 Å². The normalized spacial score (nSPS) is 9.93. The lowest BCUT2D eigenvalue weighted by atomic mass is 10.3. The molecule has 0 saturated carbocycles. The van der Waals surface area contributed by atoms with Crippen molar-refractivity contribution in [1.29, 1.82) is 5.26 Å². The molecule has 0 aliphatic heterocycles. The number of hydrogen-bond acceptors (Lipinski definition) is 3. The summed E-state index contributed by atoms with van der Waals surface area (Å²) >= 11 is 3.38. The van der Waals surface area contributed by atoms with Gasteiger partial charge in [0.25, 0.3) is 0 Å². The highest BCUT2D eigenvalue weighted by Gasteiger charge is 2.03. The maximum absolute atomic E-state index is 8.67. The van der Waals surface area contributed by atoms with E-state index in [1.807, 2.05) is 19.1 Å². The number of halogens is 1. The maximum atomic E-state index is 8.67.